The van der Waals surface area contributed by atoms with E-state index in [9.17, 15) is 0 Å². The zero-order valence-corrected chi connectivity index (χ0v) is 33.2. The maximum Gasteiger partial charge on any atom is 0.144 e. The van der Waals surface area contributed by atoms with E-state index >= 15 is 0 Å². The summed E-state index contributed by atoms with van der Waals surface area (Å²) in [6, 6.07) is 44.0. The Morgan fingerprint density at radius 3 is 2.11 bits per heavy atom. The second kappa shape index (κ2) is 14.6. The van der Waals surface area contributed by atoms with Gasteiger partial charge in [-0.15, -0.1) is 70.8 Å². The van der Waals surface area contributed by atoms with Crippen LogP contribution in [0.2, 0.25) is 0 Å². The molecule has 0 aliphatic heterocycles. The summed E-state index contributed by atoms with van der Waals surface area (Å²) in [4.78, 5) is 9.15. The third-order valence-electron chi connectivity index (χ3n) is 9.55. The van der Waals surface area contributed by atoms with E-state index in [1.165, 1.54) is 22.3 Å². The first-order chi connectivity index (χ1) is 25.1. The normalized spacial score (nSPS) is 11.5. The van der Waals surface area contributed by atoms with Crippen LogP contribution in [0.1, 0.15) is 43.0 Å². The topological polar surface area (TPSA) is 52.1 Å². The summed E-state index contributed by atoms with van der Waals surface area (Å²) in [5, 5.41) is 4.27. The zero-order valence-electron chi connectivity index (χ0n) is 30.8. The minimum Gasteiger partial charge on any atom is -0.456 e. The number of aromatic nitrogens is 2. The summed E-state index contributed by atoms with van der Waals surface area (Å²) in [6.45, 7) is 13.0. The molecule has 0 saturated heterocycles. The summed E-state index contributed by atoms with van der Waals surface area (Å²) in [6.07, 6.45) is 4.79. The Labute approximate surface area is 324 Å². The summed E-state index contributed by atoms with van der Waals surface area (Å²) in [7, 11) is 0. The van der Waals surface area contributed by atoms with Gasteiger partial charge in [0.2, 0.25) is 0 Å². The van der Waals surface area contributed by atoms with Crippen LogP contribution in [0, 0.1) is 38.3 Å². The predicted molar refractivity (Wildman–Crippen MR) is 214 cm³/mol. The molecule has 4 nitrogen and oxygen atoms in total. The van der Waals surface area contributed by atoms with E-state index in [4.69, 9.17) is 13.8 Å². The number of benzene rings is 5. The molecule has 0 amide bonds. The van der Waals surface area contributed by atoms with Crippen molar-refractivity contribution in [1.29, 1.82) is 0 Å². The van der Waals surface area contributed by atoms with Crippen molar-refractivity contribution in [2.24, 2.45) is 5.41 Å². The summed E-state index contributed by atoms with van der Waals surface area (Å²) in [5.74, 6) is 0. The van der Waals surface area contributed by atoms with Crippen LogP contribution >= 0.6 is 0 Å². The summed E-state index contributed by atoms with van der Waals surface area (Å²) < 4.78 is 12.9. The third-order valence-corrected chi connectivity index (χ3v) is 9.55. The van der Waals surface area contributed by atoms with Gasteiger partial charge < -0.3 is 18.8 Å². The number of rotatable bonds is 4. The molecule has 4 aromatic heterocycles. The maximum atomic E-state index is 6.51. The van der Waals surface area contributed by atoms with E-state index in [1.807, 2.05) is 54.9 Å². The number of nitrogens with zero attached hydrogens (tertiary/aromatic N) is 2. The molecule has 265 valence electrons. The molecule has 0 N–H and O–H groups in total. The molecule has 0 unspecified atom stereocenters. The molecule has 0 spiro atoms. The average molecular weight is 869 g/mol. The minimum absolute atomic E-state index is 0. The maximum absolute atomic E-state index is 6.51. The fourth-order valence-corrected chi connectivity index (χ4v) is 6.89. The van der Waals surface area contributed by atoms with Crippen molar-refractivity contribution >= 4 is 43.9 Å². The molecule has 0 aliphatic carbocycles. The molecule has 9 aromatic rings. The molecule has 0 saturated carbocycles. The van der Waals surface area contributed by atoms with Crippen molar-refractivity contribution < 1.29 is 28.9 Å². The van der Waals surface area contributed by atoms with Crippen LogP contribution in [-0.2, 0) is 26.5 Å². The SMILES string of the molecule is CC(C)(C)Cc1cc[c-]c(-c2cc(-c3c4oc5ccccc5c4cc4oc5ccccc5c34)ccn2)c1.Cc1c[c-]c(-c2cc(C)c(C)cn2)cc1.[Ir]. The van der Waals surface area contributed by atoms with Crippen LogP contribution in [0.25, 0.3) is 77.5 Å². The Kier molecular flexibility index (Phi) is 9.91. The van der Waals surface area contributed by atoms with Crippen LogP contribution in [0.4, 0.5) is 0 Å². The van der Waals surface area contributed by atoms with Gasteiger partial charge in [-0.2, -0.15) is 0 Å². The Morgan fingerprint density at radius 1 is 0.642 bits per heavy atom. The van der Waals surface area contributed by atoms with Crippen molar-refractivity contribution in [1.82, 2.24) is 9.97 Å². The van der Waals surface area contributed by atoms with Crippen LogP contribution in [0.5, 0.6) is 0 Å². The fraction of sp³-hybridized carbons (Fsp3) is 0.167. The number of hydrogen-bond donors (Lipinski definition) is 0. The van der Waals surface area contributed by atoms with Crippen molar-refractivity contribution in [3.05, 3.63) is 156 Å². The van der Waals surface area contributed by atoms with E-state index in [0.29, 0.717) is 0 Å². The first kappa shape index (κ1) is 36.0. The van der Waals surface area contributed by atoms with Gasteiger partial charge in [-0.25, -0.2) is 0 Å². The van der Waals surface area contributed by atoms with Crippen LogP contribution in [0.3, 0.4) is 0 Å². The fourth-order valence-electron chi connectivity index (χ4n) is 6.89. The smallest absolute Gasteiger partial charge is 0.144 e. The summed E-state index contributed by atoms with van der Waals surface area (Å²) in [5.41, 5.74) is 14.7. The number of hydrogen-bond acceptors (Lipinski definition) is 4. The molecule has 0 fully saturated rings. The van der Waals surface area contributed by atoms with E-state index in [-0.39, 0.29) is 25.5 Å². The summed E-state index contributed by atoms with van der Waals surface area (Å²) >= 11 is 0. The third kappa shape index (κ3) is 7.33. The zero-order chi connectivity index (χ0) is 36.0. The second-order valence-electron chi connectivity index (χ2n) is 14.9. The Bertz CT molecular complexity index is 2730. The largest absolute Gasteiger partial charge is 0.456 e. The quantitative estimate of drug-likeness (QED) is 0.165. The molecule has 0 bridgehead atoms. The van der Waals surface area contributed by atoms with E-state index < -0.39 is 0 Å². The van der Waals surface area contributed by atoms with Crippen molar-refractivity contribution in [2.75, 3.05) is 0 Å². The number of pyridine rings is 2. The molecule has 53 heavy (non-hydrogen) atoms. The molecule has 4 heterocycles. The van der Waals surface area contributed by atoms with Crippen LogP contribution in [0.15, 0.2) is 130 Å². The van der Waals surface area contributed by atoms with Gasteiger partial charge >= 0.3 is 0 Å². The Hall–Kier alpha value is -5.35. The number of furan rings is 2. The first-order valence-electron chi connectivity index (χ1n) is 17.8. The van der Waals surface area contributed by atoms with Gasteiger partial charge in [0.1, 0.15) is 22.3 Å². The average Bonchev–Trinajstić information content (AvgIpc) is 3.70. The molecular formula is C48H40IrN2O2-2. The van der Waals surface area contributed by atoms with Crippen LogP contribution in [-0.4, -0.2) is 9.97 Å². The van der Waals surface area contributed by atoms with Gasteiger partial charge in [-0.1, -0.05) is 81.8 Å². The van der Waals surface area contributed by atoms with Crippen molar-refractivity contribution in [3.8, 4) is 33.6 Å². The number of para-hydroxylation sites is 2. The monoisotopic (exact) mass is 869 g/mol. The van der Waals surface area contributed by atoms with Crippen LogP contribution < -0.4 is 0 Å². The Morgan fingerprint density at radius 2 is 1.38 bits per heavy atom. The molecule has 0 aliphatic rings. The molecule has 1 radical (unpaired) electrons. The van der Waals surface area contributed by atoms with Gasteiger partial charge in [0.05, 0.1) is 0 Å². The molecule has 5 heteroatoms. The minimum atomic E-state index is 0. The number of fused-ring (bicyclic) bond motifs is 6. The standard InChI is InChI=1S/C34H26NO2.C14H14N.Ir/c1-34(2,3)20-21-9-8-10-22(17-21)27-18-23(15-16-35-27)31-32-25-12-5-7-14-29(25)36-30(32)19-26-24-11-4-6-13-28(24)37-33(26)31;1-10-4-6-13(7-5-10)14-8-11(2)12(3)9-15-14;/h4-9,11-19H,20H2,1-3H3;4-6,8-9H,1-3H3;/q2*-1;. The van der Waals surface area contributed by atoms with E-state index in [2.05, 4.69) is 125 Å². The van der Waals surface area contributed by atoms with Gasteiger partial charge in [0, 0.05) is 59.6 Å². The van der Waals surface area contributed by atoms with E-state index in [1.54, 1.807) is 0 Å². The van der Waals surface area contributed by atoms with Gasteiger partial charge in [0.15, 0.2) is 0 Å². The molecule has 5 aromatic carbocycles. The van der Waals surface area contributed by atoms with E-state index in [0.717, 1.165) is 83.9 Å². The van der Waals surface area contributed by atoms with Gasteiger partial charge in [0.25, 0.3) is 0 Å². The van der Waals surface area contributed by atoms with Gasteiger partial charge in [-0.3, -0.25) is 0 Å². The first-order valence-corrected chi connectivity index (χ1v) is 17.8. The Balaban J connectivity index is 0.000000229. The predicted octanol–water partition coefficient (Wildman–Crippen LogP) is 13.1. The molecule has 0 atom stereocenters. The van der Waals surface area contributed by atoms with Crippen molar-refractivity contribution in [2.45, 2.75) is 48.0 Å². The molecular weight excluding hydrogens is 829 g/mol. The van der Waals surface area contributed by atoms with Crippen molar-refractivity contribution in [3.63, 3.8) is 0 Å². The molecule has 9 rings (SSSR count). The second-order valence-corrected chi connectivity index (χ2v) is 14.9. The number of aryl methyl sites for hydroxylation is 3. The van der Waals surface area contributed by atoms with Gasteiger partial charge in [-0.05, 0) is 72.5 Å².